The SMILES string of the molecule is CCc1ccnc(-c2ccc(CN)cc2)n1. The zero-order valence-corrected chi connectivity index (χ0v) is 9.35. The van der Waals surface area contributed by atoms with Crippen LogP contribution in [0.4, 0.5) is 0 Å². The molecule has 0 aliphatic carbocycles. The monoisotopic (exact) mass is 213 g/mol. The number of hydrogen-bond acceptors (Lipinski definition) is 3. The summed E-state index contributed by atoms with van der Waals surface area (Å²) in [4.78, 5) is 8.75. The van der Waals surface area contributed by atoms with Crippen LogP contribution in [0.5, 0.6) is 0 Å². The van der Waals surface area contributed by atoms with Gasteiger partial charge in [0.25, 0.3) is 0 Å². The van der Waals surface area contributed by atoms with Crippen molar-refractivity contribution >= 4 is 0 Å². The molecule has 0 radical (unpaired) electrons. The zero-order valence-electron chi connectivity index (χ0n) is 9.35. The van der Waals surface area contributed by atoms with Gasteiger partial charge in [-0.05, 0) is 18.1 Å². The maximum atomic E-state index is 5.55. The van der Waals surface area contributed by atoms with Crippen LogP contribution in [0, 0.1) is 0 Å². The predicted molar refractivity (Wildman–Crippen MR) is 64.7 cm³/mol. The third kappa shape index (κ3) is 2.25. The van der Waals surface area contributed by atoms with Crippen LogP contribution < -0.4 is 5.73 Å². The van der Waals surface area contributed by atoms with Crippen LogP contribution in [-0.2, 0) is 13.0 Å². The third-order valence-corrected chi connectivity index (χ3v) is 2.52. The molecule has 0 aliphatic rings. The van der Waals surface area contributed by atoms with Gasteiger partial charge in [0.05, 0.1) is 0 Å². The minimum absolute atomic E-state index is 0.566. The summed E-state index contributed by atoms with van der Waals surface area (Å²) in [7, 11) is 0. The molecule has 2 rings (SSSR count). The number of nitrogens with two attached hydrogens (primary N) is 1. The Kier molecular flexibility index (Phi) is 3.27. The van der Waals surface area contributed by atoms with Gasteiger partial charge in [0.2, 0.25) is 0 Å². The van der Waals surface area contributed by atoms with Crippen LogP contribution in [-0.4, -0.2) is 9.97 Å². The fraction of sp³-hybridized carbons (Fsp3) is 0.231. The smallest absolute Gasteiger partial charge is 0.159 e. The van der Waals surface area contributed by atoms with Crippen molar-refractivity contribution in [3.05, 3.63) is 47.8 Å². The first-order chi connectivity index (χ1) is 7.83. The average molecular weight is 213 g/mol. The number of hydrogen-bond donors (Lipinski definition) is 1. The van der Waals surface area contributed by atoms with E-state index in [-0.39, 0.29) is 0 Å². The highest BCUT2D eigenvalue weighted by molar-refractivity contribution is 5.55. The van der Waals surface area contributed by atoms with E-state index in [0.29, 0.717) is 6.54 Å². The van der Waals surface area contributed by atoms with Crippen molar-refractivity contribution in [3.8, 4) is 11.4 Å². The van der Waals surface area contributed by atoms with Gasteiger partial charge in [-0.2, -0.15) is 0 Å². The van der Waals surface area contributed by atoms with Gasteiger partial charge < -0.3 is 5.73 Å². The third-order valence-electron chi connectivity index (χ3n) is 2.52. The summed E-state index contributed by atoms with van der Waals surface area (Å²) in [6, 6.07) is 9.99. The Bertz CT molecular complexity index is 463. The van der Waals surface area contributed by atoms with Crippen molar-refractivity contribution in [2.75, 3.05) is 0 Å². The highest BCUT2D eigenvalue weighted by Crippen LogP contribution is 2.15. The molecule has 3 heteroatoms. The molecule has 0 bridgehead atoms. The largest absolute Gasteiger partial charge is 0.326 e. The van der Waals surface area contributed by atoms with Gasteiger partial charge in [-0.25, -0.2) is 9.97 Å². The molecule has 2 N–H and O–H groups in total. The highest BCUT2D eigenvalue weighted by atomic mass is 14.9. The van der Waals surface area contributed by atoms with E-state index in [0.717, 1.165) is 29.1 Å². The molecule has 2 aromatic rings. The van der Waals surface area contributed by atoms with Crippen LogP contribution in [0.2, 0.25) is 0 Å². The lowest BCUT2D eigenvalue weighted by atomic mass is 10.1. The average Bonchev–Trinajstić information content (AvgIpc) is 2.39. The molecule has 82 valence electrons. The van der Waals surface area contributed by atoms with E-state index >= 15 is 0 Å². The van der Waals surface area contributed by atoms with Crippen LogP contribution in [0.1, 0.15) is 18.2 Å². The molecular weight excluding hydrogens is 198 g/mol. The standard InChI is InChI=1S/C13H15N3/c1-2-12-7-8-15-13(16-12)11-5-3-10(9-14)4-6-11/h3-8H,2,9,14H2,1H3. The molecule has 0 spiro atoms. The minimum Gasteiger partial charge on any atom is -0.326 e. The molecule has 0 saturated heterocycles. The lowest BCUT2D eigenvalue weighted by Crippen LogP contribution is -1.96. The van der Waals surface area contributed by atoms with E-state index in [9.17, 15) is 0 Å². The Morgan fingerprint density at radius 3 is 2.50 bits per heavy atom. The summed E-state index contributed by atoms with van der Waals surface area (Å²) in [5, 5.41) is 0. The topological polar surface area (TPSA) is 51.8 Å². The van der Waals surface area contributed by atoms with Gasteiger partial charge in [0, 0.05) is 24.0 Å². The second-order valence-electron chi connectivity index (χ2n) is 3.63. The molecule has 0 atom stereocenters. The van der Waals surface area contributed by atoms with Crippen LogP contribution in [0.15, 0.2) is 36.5 Å². The summed E-state index contributed by atoms with van der Waals surface area (Å²) in [6.45, 7) is 2.65. The van der Waals surface area contributed by atoms with Gasteiger partial charge in [0.1, 0.15) is 0 Å². The number of rotatable bonds is 3. The number of nitrogens with zero attached hydrogens (tertiary/aromatic N) is 2. The summed E-state index contributed by atoms with van der Waals surface area (Å²) in [5.41, 5.74) is 8.77. The van der Waals surface area contributed by atoms with Gasteiger partial charge in [0.15, 0.2) is 5.82 Å². The van der Waals surface area contributed by atoms with E-state index in [1.54, 1.807) is 6.20 Å². The second kappa shape index (κ2) is 4.86. The zero-order chi connectivity index (χ0) is 11.4. The summed E-state index contributed by atoms with van der Waals surface area (Å²) in [6.07, 6.45) is 2.73. The molecule has 0 aliphatic heterocycles. The summed E-state index contributed by atoms with van der Waals surface area (Å²) in [5.74, 6) is 0.780. The molecular formula is C13H15N3. The van der Waals surface area contributed by atoms with Crippen molar-refractivity contribution in [1.29, 1.82) is 0 Å². The van der Waals surface area contributed by atoms with E-state index in [2.05, 4.69) is 16.9 Å². The molecule has 16 heavy (non-hydrogen) atoms. The van der Waals surface area contributed by atoms with E-state index in [1.807, 2.05) is 30.3 Å². The van der Waals surface area contributed by atoms with Crippen molar-refractivity contribution in [2.24, 2.45) is 5.73 Å². The van der Waals surface area contributed by atoms with Gasteiger partial charge in [-0.15, -0.1) is 0 Å². The first-order valence-corrected chi connectivity index (χ1v) is 5.44. The number of aryl methyl sites for hydroxylation is 1. The molecule has 0 amide bonds. The van der Waals surface area contributed by atoms with Crippen molar-refractivity contribution in [3.63, 3.8) is 0 Å². The molecule has 3 nitrogen and oxygen atoms in total. The minimum atomic E-state index is 0.566. The Morgan fingerprint density at radius 2 is 1.88 bits per heavy atom. The fourth-order valence-electron chi connectivity index (χ4n) is 1.52. The maximum absolute atomic E-state index is 5.55. The van der Waals surface area contributed by atoms with Crippen molar-refractivity contribution < 1.29 is 0 Å². The number of aromatic nitrogens is 2. The molecule has 1 aromatic carbocycles. The quantitative estimate of drug-likeness (QED) is 0.850. The summed E-state index contributed by atoms with van der Waals surface area (Å²) >= 11 is 0. The van der Waals surface area contributed by atoms with Gasteiger partial charge in [-0.3, -0.25) is 0 Å². The first kappa shape index (κ1) is 10.8. The van der Waals surface area contributed by atoms with Crippen LogP contribution in [0.3, 0.4) is 0 Å². The van der Waals surface area contributed by atoms with Gasteiger partial charge in [-0.1, -0.05) is 31.2 Å². The Labute approximate surface area is 95.4 Å². The second-order valence-corrected chi connectivity index (χ2v) is 3.63. The molecule has 0 unspecified atom stereocenters. The molecule has 1 aromatic heterocycles. The van der Waals surface area contributed by atoms with E-state index in [1.165, 1.54) is 0 Å². The molecule has 1 heterocycles. The maximum Gasteiger partial charge on any atom is 0.159 e. The lowest BCUT2D eigenvalue weighted by molar-refractivity contribution is 1.00. The van der Waals surface area contributed by atoms with Gasteiger partial charge >= 0.3 is 0 Å². The van der Waals surface area contributed by atoms with E-state index < -0.39 is 0 Å². The lowest BCUT2D eigenvalue weighted by Gasteiger charge is -2.03. The number of benzene rings is 1. The first-order valence-electron chi connectivity index (χ1n) is 5.44. The van der Waals surface area contributed by atoms with Crippen LogP contribution in [0.25, 0.3) is 11.4 Å². The Hall–Kier alpha value is -1.74. The highest BCUT2D eigenvalue weighted by Gasteiger charge is 2.01. The molecule has 0 fully saturated rings. The normalized spacial score (nSPS) is 10.4. The van der Waals surface area contributed by atoms with Crippen molar-refractivity contribution in [1.82, 2.24) is 9.97 Å². The Balaban J connectivity index is 2.34. The fourth-order valence-corrected chi connectivity index (χ4v) is 1.52. The Morgan fingerprint density at radius 1 is 1.12 bits per heavy atom. The molecule has 0 saturated carbocycles. The predicted octanol–water partition coefficient (Wildman–Crippen LogP) is 2.16. The summed E-state index contributed by atoms with van der Waals surface area (Å²) < 4.78 is 0. The van der Waals surface area contributed by atoms with E-state index in [4.69, 9.17) is 5.73 Å². The van der Waals surface area contributed by atoms with Crippen LogP contribution >= 0.6 is 0 Å². The van der Waals surface area contributed by atoms with Crippen molar-refractivity contribution in [2.45, 2.75) is 19.9 Å².